The second-order valence-corrected chi connectivity index (χ2v) is 9.98. The molecule has 31 heavy (non-hydrogen) atoms. The van der Waals surface area contributed by atoms with Crippen molar-refractivity contribution in [3.05, 3.63) is 34.0 Å². The lowest BCUT2D eigenvalue weighted by atomic mass is 9.54. The molecular formula is C22H33IN6OS. The quantitative estimate of drug-likeness (QED) is 0.324. The first-order valence-electron chi connectivity index (χ1n) is 11.2. The molecular weight excluding hydrogens is 523 g/mol. The van der Waals surface area contributed by atoms with Crippen molar-refractivity contribution in [2.45, 2.75) is 64.1 Å². The van der Waals surface area contributed by atoms with Crippen LogP contribution in [-0.4, -0.2) is 46.0 Å². The third-order valence-electron chi connectivity index (χ3n) is 7.38. The number of fused-ring (bicyclic) bond motifs is 2. The SMILES string of the molecule is Cc1nnc(CN=C(NCCc2cccs2)NC2C3CCOC3C23CCCC3)n1C.I. The second kappa shape index (κ2) is 9.74. The molecule has 3 unspecified atom stereocenters. The standard InChI is InChI=1S/C22H32N6OS.HI/c1-15-26-27-18(28(15)2)14-24-21(23-11-7-16-6-5-13-30-16)25-19-17-8-12-29-20(17)22(19)9-3-4-10-22;/h5-6,13,17,19-20H,3-4,7-12,14H2,1-2H3,(H2,23,24,25);1H. The highest BCUT2D eigenvalue weighted by molar-refractivity contribution is 14.0. The van der Waals surface area contributed by atoms with Gasteiger partial charge in [0.2, 0.25) is 0 Å². The van der Waals surface area contributed by atoms with Gasteiger partial charge in [0.05, 0.1) is 6.10 Å². The number of rotatable bonds is 6. The van der Waals surface area contributed by atoms with Crippen LogP contribution < -0.4 is 10.6 Å². The molecule has 1 aliphatic heterocycles. The fourth-order valence-electron chi connectivity index (χ4n) is 5.70. The van der Waals surface area contributed by atoms with Crippen molar-refractivity contribution in [1.82, 2.24) is 25.4 Å². The van der Waals surface area contributed by atoms with E-state index in [0.717, 1.165) is 43.6 Å². The van der Waals surface area contributed by atoms with Gasteiger partial charge in [-0.1, -0.05) is 18.9 Å². The van der Waals surface area contributed by atoms with Crippen LogP contribution in [0.3, 0.4) is 0 Å². The largest absolute Gasteiger partial charge is 0.377 e. The third-order valence-corrected chi connectivity index (χ3v) is 8.32. The maximum absolute atomic E-state index is 6.16. The van der Waals surface area contributed by atoms with E-state index in [1.165, 1.54) is 30.6 Å². The van der Waals surface area contributed by atoms with Gasteiger partial charge in [-0.3, -0.25) is 0 Å². The summed E-state index contributed by atoms with van der Waals surface area (Å²) in [5, 5.41) is 18.0. The number of thiophene rings is 1. The molecule has 3 atom stereocenters. The summed E-state index contributed by atoms with van der Waals surface area (Å²) in [7, 11) is 2.00. The zero-order valence-corrected chi connectivity index (χ0v) is 21.5. The molecule has 0 amide bonds. The molecule has 2 aromatic heterocycles. The highest BCUT2D eigenvalue weighted by atomic mass is 127. The van der Waals surface area contributed by atoms with E-state index in [1.807, 2.05) is 29.9 Å². The average Bonchev–Trinajstić information content (AvgIpc) is 3.53. The summed E-state index contributed by atoms with van der Waals surface area (Å²) >= 11 is 1.81. The molecule has 9 heteroatoms. The minimum absolute atomic E-state index is 0. The van der Waals surface area contributed by atoms with Crippen LogP contribution >= 0.6 is 35.3 Å². The van der Waals surface area contributed by atoms with E-state index >= 15 is 0 Å². The molecule has 0 aromatic carbocycles. The van der Waals surface area contributed by atoms with Gasteiger partial charge in [-0.25, -0.2) is 4.99 Å². The molecule has 1 spiro atoms. The summed E-state index contributed by atoms with van der Waals surface area (Å²) in [5.74, 6) is 3.31. The van der Waals surface area contributed by atoms with Crippen molar-refractivity contribution in [1.29, 1.82) is 0 Å². The summed E-state index contributed by atoms with van der Waals surface area (Å²) in [5.41, 5.74) is 0.304. The number of ether oxygens (including phenoxy) is 1. The number of aromatic nitrogens is 3. The minimum atomic E-state index is 0. The van der Waals surface area contributed by atoms with Crippen LogP contribution in [0.5, 0.6) is 0 Å². The first kappa shape index (κ1) is 23.0. The molecule has 3 heterocycles. The molecule has 2 saturated carbocycles. The highest BCUT2D eigenvalue weighted by Gasteiger charge is 2.65. The number of hydrogen-bond acceptors (Lipinski definition) is 5. The maximum atomic E-state index is 6.16. The number of nitrogens with zero attached hydrogens (tertiary/aromatic N) is 4. The molecule has 170 valence electrons. The minimum Gasteiger partial charge on any atom is -0.377 e. The van der Waals surface area contributed by atoms with Crippen LogP contribution in [0, 0.1) is 18.3 Å². The maximum Gasteiger partial charge on any atom is 0.191 e. The van der Waals surface area contributed by atoms with Crippen LogP contribution in [0.2, 0.25) is 0 Å². The predicted molar refractivity (Wildman–Crippen MR) is 134 cm³/mol. The zero-order valence-electron chi connectivity index (χ0n) is 18.3. The van der Waals surface area contributed by atoms with Gasteiger partial charge in [0, 0.05) is 42.5 Å². The van der Waals surface area contributed by atoms with Crippen molar-refractivity contribution >= 4 is 41.3 Å². The van der Waals surface area contributed by atoms with Crippen molar-refractivity contribution in [2.75, 3.05) is 13.2 Å². The Morgan fingerprint density at radius 2 is 2.19 bits per heavy atom. The monoisotopic (exact) mass is 556 g/mol. The van der Waals surface area contributed by atoms with E-state index < -0.39 is 0 Å². The fraction of sp³-hybridized carbons (Fsp3) is 0.682. The van der Waals surface area contributed by atoms with Gasteiger partial charge < -0.3 is 19.9 Å². The number of nitrogens with one attached hydrogen (secondary N) is 2. The number of hydrogen-bond donors (Lipinski definition) is 2. The summed E-state index contributed by atoms with van der Waals surface area (Å²) in [6, 6.07) is 4.77. The molecule has 1 saturated heterocycles. The zero-order chi connectivity index (χ0) is 20.6. The van der Waals surface area contributed by atoms with E-state index in [9.17, 15) is 0 Å². The number of guanidine groups is 1. The Kier molecular flexibility index (Phi) is 7.22. The predicted octanol–water partition coefficient (Wildman–Crippen LogP) is 3.43. The van der Waals surface area contributed by atoms with E-state index in [0.29, 0.717) is 30.0 Å². The smallest absolute Gasteiger partial charge is 0.191 e. The Bertz CT molecular complexity index is 892. The van der Waals surface area contributed by atoms with Crippen molar-refractivity contribution in [3.63, 3.8) is 0 Å². The molecule has 2 N–H and O–H groups in total. The molecule has 3 fully saturated rings. The summed E-state index contributed by atoms with van der Waals surface area (Å²) in [6.07, 6.45) is 7.81. The van der Waals surface area contributed by atoms with Gasteiger partial charge in [0.1, 0.15) is 12.4 Å². The highest BCUT2D eigenvalue weighted by Crippen LogP contribution is 2.60. The van der Waals surface area contributed by atoms with Crippen LogP contribution in [0.25, 0.3) is 0 Å². The van der Waals surface area contributed by atoms with Crippen LogP contribution in [0.15, 0.2) is 22.5 Å². The first-order valence-corrected chi connectivity index (χ1v) is 12.1. The van der Waals surface area contributed by atoms with Crippen molar-refractivity contribution in [2.24, 2.45) is 23.4 Å². The molecule has 7 nitrogen and oxygen atoms in total. The molecule has 5 rings (SSSR count). The number of halogens is 1. The van der Waals surface area contributed by atoms with Crippen molar-refractivity contribution < 1.29 is 4.74 Å². The Morgan fingerprint density at radius 3 is 2.90 bits per heavy atom. The molecule has 0 bridgehead atoms. The second-order valence-electron chi connectivity index (χ2n) is 8.95. The van der Waals surface area contributed by atoms with Crippen molar-refractivity contribution in [3.8, 4) is 0 Å². The molecule has 3 aliphatic rings. The lowest BCUT2D eigenvalue weighted by molar-refractivity contribution is -0.125. The van der Waals surface area contributed by atoms with Gasteiger partial charge in [-0.05, 0) is 44.1 Å². The number of aryl methyl sites for hydroxylation is 1. The summed E-state index contributed by atoms with van der Waals surface area (Å²) in [4.78, 5) is 6.31. The molecule has 2 aliphatic carbocycles. The Hall–Kier alpha value is -1.20. The third kappa shape index (κ3) is 4.37. The van der Waals surface area contributed by atoms with Crippen LogP contribution in [-0.2, 0) is 24.8 Å². The normalized spacial score (nSPS) is 26.4. The number of aliphatic imine (C=N–C) groups is 1. The fourth-order valence-corrected chi connectivity index (χ4v) is 6.41. The first-order chi connectivity index (χ1) is 14.7. The summed E-state index contributed by atoms with van der Waals surface area (Å²) < 4.78 is 8.17. The molecule has 2 aromatic rings. The van der Waals surface area contributed by atoms with Crippen LogP contribution in [0.1, 0.15) is 48.6 Å². The Labute approximate surface area is 205 Å². The summed E-state index contributed by atoms with van der Waals surface area (Å²) in [6.45, 7) is 4.27. The van der Waals surface area contributed by atoms with E-state index in [2.05, 4.69) is 38.3 Å². The topological polar surface area (TPSA) is 76.4 Å². The van der Waals surface area contributed by atoms with Gasteiger partial charge >= 0.3 is 0 Å². The Morgan fingerprint density at radius 1 is 1.35 bits per heavy atom. The Balaban J connectivity index is 0.00000231. The van der Waals surface area contributed by atoms with E-state index in [1.54, 1.807) is 0 Å². The van der Waals surface area contributed by atoms with E-state index in [4.69, 9.17) is 9.73 Å². The van der Waals surface area contributed by atoms with Gasteiger partial charge in [0.25, 0.3) is 0 Å². The van der Waals surface area contributed by atoms with Gasteiger partial charge in [-0.2, -0.15) is 0 Å². The van der Waals surface area contributed by atoms with Crippen LogP contribution in [0.4, 0.5) is 0 Å². The van der Waals surface area contributed by atoms with E-state index in [-0.39, 0.29) is 24.0 Å². The lowest BCUT2D eigenvalue weighted by Gasteiger charge is -2.57. The van der Waals surface area contributed by atoms with Gasteiger partial charge in [0.15, 0.2) is 11.8 Å². The lowest BCUT2D eigenvalue weighted by Crippen LogP contribution is -2.69. The average molecular weight is 557 g/mol. The molecule has 0 radical (unpaired) electrons. The van der Waals surface area contributed by atoms with Gasteiger partial charge in [-0.15, -0.1) is 45.5 Å².